The molecule has 0 atom stereocenters. The van der Waals surface area contributed by atoms with E-state index in [1.165, 1.54) is 6.20 Å². The van der Waals surface area contributed by atoms with E-state index in [9.17, 15) is 4.79 Å². The Hall–Kier alpha value is -1.69. The Bertz CT molecular complexity index is 477. The summed E-state index contributed by atoms with van der Waals surface area (Å²) in [5.41, 5.74) is 1.63. The fourth-order valence-corrected chi connectivity index (χ4v) is 2.25. The third-order valence-electron chi connectivity index (χ3n) is 2.28. The third-order valence-corrected chi connectivity index (χ3v) is 3.31. The van der Waals surface area contributed by atoms with Gasteiger partial charge in [-0.3, -0.25) is 9.89 Å². The van der Waals surface area contributed by atoms with Crippen LogP contribution in [0.3, 0.4) is 0 Å². The van der Waals surface area contributed by atoms with Crippen molar-refractivity contribution in [1.82, 2.24) is 20.5 Å². The number of rotatable bonds is 5. The summed E-state index contributed by atoms with van der Waals surface area (Å²) in [5.74, 6) is -0.0888. The number of amides is 1. The number of H-pyrrole nitrogens is 1. The molecule has 0 bridgehead atoms. The average Bonchev–Trinajstić information content (AvgIpc) is 2.95. The summed E-state index contributed by atoms with van der Waals surface area (Å²) in [6.07, 6.45) is 4.90. The maximum Gasteiger partial charge on any atom is 0.254 e. The Balaban J connectivity index is 1.68. The van der Waals surface area contributed by atoms with Crippen LogP contribution in [0.4, 0.5) is 0 Å². The van der Waals surface area contributed by atoms with Gasteiger partial charge in [-0.1, -0.05) is 0 Å². The second-order valence-electron chi connectivity index (χ2n) is 3.73. The van der Waals surface area contributed by atoms with Crippen molar-refractivity contribution in [3.8, 4) is 0 Å². The van der Waals surface area contributed by atoms with Gasteiger partial charge in [0.15, 0.2) is 0 Å². The fraction of sp³-hybridized carbons (Fsp3) is 0.364. The zero-order valence-corrected chi connectivity index (χ0v) is 10.4. The van der Waals surface area contributed by atoms with E-state index in [2.05, 4.69) is 20.5 Å². The highest BCUT2D eigenvalue weighted by Gasteiger charge is 2.05. The molecule has 6 heteroatoms. The van der Waals surface area contributed by atoms with Gasteiger partial charge in [0.05, 0.1) is 16.8 Å². The van der Waals surface area contributed by atoms with Crippen LogP contribution >= 0.6 is 11.3 Å². The van der Waals surface area contributed by atoms with Gasteiger partial charge >= 0.3 is 0 Å². The Morgan fingerprint density at radius 2 is 2.47 bits per heavy atom. The molecule has 0 saturated heterocycles. The molecule has 0 fully saturated rings. The van der Waals surface area contributed by atoms with Gasteiger partial charge in [-0.25, -0.2) is 4.98 Å². The van der Waals surface area contributed by atoms with Crippen molar-refractivity contribution in [2.75, 3.05) is 6.54 Å². The molecule has 0 saturated carbocycles. The van der Waals surface area contributed by atoms with E-state index in [-0.39, 0.29) is 5.91 Å². The summed E-state index contributed by atoms with van der Waals surface area (Å²) < 4.78 is 0. The van der Waals surface area contributed by atoms with Gasteiger partial charge in [0, 0.05) is 30.2 Å². The van der Waals surface area contributed by atoms with Crippen LogP contribution in [0.2, 0.25) is 0 Å². The van der Waals surface area contributed by atoms with Crippen LogP contribution < -0.4 is 5.32 Å². The maximum absolute atomic E-state index is 11.5. The lowest BCUT2D eigenvalue weighted by molar-refractivity contribution is 0.0953. The van der Waals surface area contributed by atoms with Crippen LogP contribution in [0.15, 0.2) is 17.8 Å². The van der Waals surface area contributed by atoms with Gasteiger partial charge in [-0.2, -0.15) is 5.10 Å². The maximum atomic E-state index is 11.5. The van der Waals surface area contributed by atoms with Crippen LogP contribution in [0, 0.1) is 6.92 Å². The van der Waals surface area contributed by atoms with Crippen molar-refractivity contribution in [1.29, 1.82) is 0 Å². The van der Waals surface area contributed by atoms with Crippen LogP contribution in [0.25, 0.3) is 0 Å². The Morgan fingerprint density at radius 3 is 3.12 bits per heavy atom. The lowest BCUT2D eigenvalue weighted by Crippen LogP contribution is -2.24. The Labute approximate surface area is 103 Å². The minimum Gasteiger partial charge on any atom is -0.352 e. The first-order chi connectivity index (χ1) is 8.25. The van der Waals surface area contributed by atoms with Crippen LogP contribution in [-0.4, -0.2) is 27.6 Å². The smallest absolute Gasteiger partial charge is 0.254 e. The number of hydrogen-bond donors (Lipinski definition) is 2. The number of aromatic amines is 1. The number of aromatic nitrogens is 3. The quantitative estimate of drug-likeness (QED) is 0.791. The molecule has 0 aliphatic rings. The first-order valence-electron chi connectivity index (χ1n) is 5.43. The van der Waals surface area contributed by atoms with E-state index in [0.29, 0.717) is 12.1 Å². The number of aryl methyl sites for hydroxylation is 2. The topological polar surface area (TPSA) is 70.7 Å². The molecule has 2 heterocycles. The lowest BCUT2D eigenvalue weighted by Gasteiger charge is -2.01. The molecule has 0 spiro atoms. The summed E-state index contributed by atoms with van der Waals surface area (Å²) in [7, 11) is 0. The van der Waals surface area contributed by atoms with Gasteiger partial charge in [0.25, 0.3) is 5.91 Å². The number of hydrogen-bond acceptors (Lipinski definition) is 4. The summed E-state index contributed by atoms with van der Waals surface area (Å²) >= 11 is 1.67. The fourth-order valence-electron chi connectivity index (χ4n) is 1.44. The molecule has 5 nitrogen and oxygen atoms in total. The van der Waals surface area contributed by atoms with Crippen LogP contribution in [0.5, 0.6) is 0 Å². The van der Waals surface area contributed by atoms with E-state index in [1.54, 1.807) is 17.5 Å². The van der Waals surface area contributed by atoms with Crippen molar-refractivity contribution < 1.29 is 4.79 Å². The first-order valence-corrected chi connectivity index (χ1v) is 6.31. The zero-order chi connectivity index (χ0) is 12.1. The average molecular weight is 250 g/mol. The number of nitrogens with zero attached hydrogens (tertiary/aromatic N) is 2. The highest BCUT2D eigenvalue weighted by Crippen LogP contribution is 2.10. The summed E-state index contributed by atoms with van der Waals surface area (Å²) in [6.45, 7) is 2.64. The largest absolute Gasteiger partial charge is 0.352 e. The molecule has 90 valence electrons. The van der Waals surface area contributed by atoms with Crippen LogP contribution in [0.1, 0.15) is 27.5 Å². The van der Waals surface area contributed by atoms with Crippen molar-refractivity contribution in [2.45, 2.75) is 19.8 Å². The third kappa shape index (κ3) is 3.39. The van der Waals surface area contributed by atoms with Crippen molar-refractivity contribution in [3.05, 3.63) is 34.0 Å². The molecule has 0 radical (unpaired) electrons. The SMILES string of the molecule is Cc1csc(CCCNC(=O)c2cn[nH]c2)n1. The minimum atomic E-state index is -0.0888. The molecule has 2 rings (SSSR count). The molecule has 2 N–H and O–H groups in total. The van der Waals surface area contributed by atoms with Gasteiger partial charge < -0.3 is 5.32 Å². The molecular weight excluding hydrogens is 236 g/mol. The second kappa shape index (κ2) is 5.58. The molecule has 2 aromatic rings. The highest BCUT2D eigenvalue weighted by atomic mass is 32.1. The Kier molecular flexibility index (Phi) is 3.87. The number of carbonyl (C=O) groups is 1. The minimum absolute atomic E-state index is 0.0888. The van der Waals surface area contributed by atoms with Gasteiger partial charge in [-0.15, -0.1) is 11.3 Å². The molecule has 0 aliphatic carbocycles. The van der Waals surface area contributed by atoms with E-state index < -0.39 is 0 Å². The van der Waals surface area contributed by atoms with Crippen LogP contribution in [-0.2, 0) is 6.42 Å². The second-order valence-corrected chi connectivity index (χ2v) is 4.67. The highest BCUT2D eigenvalue weighted by molar-refractivity contribution is 7.09. The molecule has 1 amide bonds. The molecule has 0 aromatic carbocycles. The predicted octanol–water partition coefficient (Wildman–Crippen LogP) is 1.54. The first kappa shape index (κ1) is 11.8. The standard InChI is InChI=1S/C11H14N4OS/c1-8-7-17-10(15-8)3-2-4-12-11(16)9-5-13-14-6-9/h5-7H,2-4H2,1H3,(H,12,16)(H,13,14). The monoisotopic (exact) mass is 250 g/mol. The van der Waals surface area contributed by atoms with E-state index in [1.807, 2.05) is 12.3 Å². The van der Waals surface area contributed by atoms with Gasteiger partial charge in [0.2, 0.25) is 0 Å². The molecule has 0 aliphatic heterocycles. The van der Waals surface area contributed by atoms with E-state index in [4.69, 9.17) is 0 Å². The number of carbonyl (C=O) groups excluding carboxylic acids is 1. The van der Waals surface area contributed by atoms with E-state index in [0.717, 1.165) is 23.5 Å². The van der Waals surface area contributed by atoms with Crippen molar-refractivity contribution in [3.63, 3.8) is 0 Å². The molecule has 0 unspecified atom stereocenters. The van der Waals surface area contributed by atoms with Gasteiger partial charge in [0.1, 0.15) is 0 Å². The summed E-state index contributed by atoms with van der Waals surface area (Å²) in [5, 5.41) is 12.3. The number of thiazole rings is 1. The van der Waals surface area contributed by atoms with E-state index >= 15 is 0 Å². The van der Waals surface area contributed by atoms with Gasteiger partial charge in [-0.05, 0) is 13.3 Å². The Morgan fingerprint density at radius 1 is 1.59 bits per heavy atom. The molecule has 2 aromatic heterocycles. The van der Waals surface area contributed by atoms with Crippen molar-refractivity contribution >= 4 is 17.2 Å². The van der Waals surface area contributed by atoms with Crippen molar-refractivity contribution in [2.24, 2.45) is 0 Å². The summed E-state index contributed by atoms with van der Waals surface area (Å²) in [6, 6.07) is 0. The zero-order valence-electron chi connectivity index (χ0n) is 9.56. The summed E-state index contributed by atoms with van der Waals surface area (Å²) in [4.78, 5) is 15.9. The molecular formula is C11H14N4OS. The number of nitrogens with one attached hydrogen (secondary N) is 2. The lowest BCUT2D eigenvalue weighted by atomic mass is 10.3. The molecule has 17 heavy (non-hydrogen) atoms. The predicted molar refractivity (Wildman–Crippen MR) is 66.1 cm³/mol. The normalized spacial score (nSPS) is 10.4.